The van der Waals surface area contributed by atoms with E-state index >= 15 is 0 Å². The fourth-order valence-corrected chi connectivity index (χ4v) is 2.39. The summed E-state index contributed by atoms with van der Waals surface area (Å²) in [4.78, 5) is 0. The van der Waals surface area contributed by atoms with Crippen molar-refractivity contribution in [1.29, 1.82) is 0 Å². The monoisotopic (exact) mass is 241 g/mol. The van der Waals surface area contributed by atoms with Gasteiger partial charge in [0.05, 0.1) is 5.60 Å². The van der Waals surface area contributed by atoms with Gasteiger partial charge in [-0.2, -0.15) is 0 Å². The van der Waals surface area contributed by atoms with Crippen LogP contribution in [0.1, 0.15) is 25.3 Å². The fourth-order valence-electron chi connectivity index (χ4n) is 2.39. The second-order valence-corrected chi connectivity index (χ2v) is 4.68. The molecule has 4 heteroatoms. The van der Waals surface area contributed by atoms with E-state index in [9.17, 15) is 8.78 Å². The van der Waals surface area contributed by atoms with Crippen LogP contribution in [0.5, 0.6) is 0 Å². The predicted molar refractivity (Wildman–Crippen MR) is 61.7 cm³/mol. The van der Waals surface area contributed by atoms with Crippen molar-refractivity contribution >= 4 is 0 Å². The van der Waals surface area contributed by atoms with Crippen molar-refractivity contribution in [2.24, 2.45) is 0 Å². The summed E-state index contributed by atoms with van der Waals surface area (Å²) in [5.74, 6) is -0.844. The molecule has 1 heterocycles. The number of hydrogen-bond acceptors (Lipinski definition) is 2. The summed E-state index contributed by atoms with van der Waals surface area (Å²) in [5, 5.41) is 3.17. The fraction of sp³-hybridized carbons (Fsp3) is 0.538. The Morgan fingerprint density at radius 2 is 2.18 bits per heavy atom. The number of ether oxygens (including phenoxy) is 1. The lowest BCUT2D eigenvalue weighted by Crippen LogP contribution is -2.43. The van der Waals surface area contributed by atoms with E-state index in [4.69, 9.17) is 4.74 Å². The van der Waals surface area contributed by atoms with Gasteiger partial charge in [-0.25, -0.2) is 8.78 Å². The van der Waals surface area contributed by atoms with E-state index in [-0.39, 0.29) is 6.04 Å². The van der Waals surface area contributed by atoms with Crippen molar-refractivity contribution in [3.8, 4) is 0 Å². The van der Waals surface area contributed by atoms with Crippen LogP contribution in [0.2, 0.25) is 0 Å². The Morgan fingerprint density at radius 3 is 2.88 bits per heavy atom. The van der Waals surface area contributed by atoms with Gasteiger partial charge >= 0.3 is 0 Å². The summed E-state index contributed by atoms with van der Waals surface area (Å²) in [6.07, 6.45) is 1.53. The summed E-state index contributed by atoms with van der Waals surface area (Å²) in [6.45, 7) is 2.37. The lowest BCUT2D eigenvalue weighted by molar-refractivity contribution is -0.0825. The largest absolute Gasteiger partial charge is 0.370 e. The van der Waals surface area contributed by atoms with Gasteiger partial charge in [0.25, 0.3) is 0 Å². The third-order valence-electron chi connectivity index (χ3n) is 3.43. The van der Waals surface area contributed by atoms with E-state index in [0.29, 0.717) is 18.6 Å². The van der Waals surface area contributed by atoms with Gasteiger partial charge in [0, 0.05) is 18.2 Å². The number of rotatable bonds is 2. The minimum Gasteiger partial charge on any atom is -0.370 e. The molecule has 2 rings (SSSR count). The summed E-state index contributed by atoms with van der Waals surface area (Å²) in [7, 11) is 1.87. The van der Waals surface area contributed by atoms with E-state index < -0.39 is 17.2 Å². The van der Waals surface area contributed by atoms with Crippen LogP contribution < -0.4 is 5.32 Å². The van der Waals surface area contributed by atoms with Crippen molar-refractivity contribution in [3.63, 3.8) is 0 Å². The molecular weight excluding hydrogens is 224 g/mol. The lowest BCUT2D eigenvalue weighted by Gasteiger charge is -2.38. The topological polar surface area (TPSA) is 21.3 Å². The van der Waals surface area contributed by atoms with Crippen molar-refractivity contribution in [2.75, 3.05) is 13.7 Å². The number of hydrogen-bond donors (Lipinski definition) is 1. The van der Waals surface area contributed by atoms with Crippen molar-refractivity contribution in [3.05, 3.63) is 35.4 Å². The summed E-state index contributed by atoms with van der Waals surface area (Å²) >= 11 is 0. The molecule has 94 valence electrons. The first kappa shape index (κ1) is 12.5. The Balaban J connectivity index is 2.33. The first-order chi connectivity index (χ1) is 8.05. The molecule has 0 bridgehead atoms. The Morgan fingerprint density at radius 1 is 1.41 bits per heavy atom. The molecule has 0 amide bonds. The maximum atomic E-state index is 13.8. The first-order valence-corrected chi connectivity index (χ1v) is 5.82. The van der Waals surface area contributed by atoms with Crippen LogP contribution in [0, 0.1) is 11.6 Å². The molecule has 0 aromatic heterocycles. The molecule has 1 saturated heterocycles. The minimum absolute atomic E-state index is 0.274. The van der Waals surface area contributed by atoms with E-state index in [0.717, 1.165) is 18.6 Å². The summed E-state index contributed by atoms with van der Waals surface area (Å²) in [6, 6.07) is 3.78. The molecule has 1 aliphatic heterocycles. The van der Waals surface area contributed by atoms with E-state index in [1.807, 2.05) is 14.0 Å². The molecule has 1 fully saturated rings. The standard InChI is InChI=1S/C13H17F2NO/c1-13(8-10(16-2)5-6-17-13)11-7-9(14)3-4-12(11)15/h3-4,7,10,16H,5-6,8H2,1-2H3. The zero-order valence-corrected chi connectivity index (χ0v) is 10.1. The van der Waals surface area contributed by atoms with Gasteiger partial charge in [-0.3, -0.25) is 0 Å². The molecule has 0 aliphatic carbocycles. The van der Waals surface area contributed by atoms with E-state index in [1.165, 1.54) is 6.07 Å². The normalized spacial score (nSPS) is 29.3. The van der Waals surface area contributed by atoms with Crippen molar-refractivity contribution in [2.45, 2.75) is 31.4 Å². The predicted octanol–water partition coefficient (Wildman–Crippen LogP) is 2.58. The van der Waals surface area contributed by atoms with Crippen LogP contribution in [0.15, 0.2) is 18.2 Å². The first-order valence-electron chi connectivity index (χ1n) is 5.82. The third kappa shape index (κ3) is 2.48. The number of benzene rings is 1. The average Bonchev–Trinajstić information content (AvgIpc) is 2.32. The van der Waals surface area contributed by atoms with Gasteiger partial charge in [-0.1, -0.05) is 0 Å². The Labute approximate surface area is 100.0 Å². The van der Waals surface area contributed by atoms with E-state index in [2.05, 4.69) is 5.32 Å². The molecular formula is C13H17F2NO. The van der Waals surface area contributed by atoms with E-state index in [1.54, 1.807) is 0 Å². The van der Waals surface area contributed by atoms with Crippen LogP contribution >= 0.6 is 0 Å². The van der Waals surface area contributed by atoms with Crippen LogP contribution in [0.3, 0.4) is 0 Å². The quantitative estimate of drug-likeness (QED) is 0.859. The van der Waals surface area contributed by atoms with Crippen LogP contribution in [-0.4, -0.2) is 19.7 Å². The van der Waals surface area contributed by atoms with Gasteiger partial charge in [0.1, 0.15) is 11.6 Å². The lowest BCUT2D eigenvalue weighted by atomic mass is 9.85. The maximum absolute atomic E-state index is 13.8. The highest BCUT2D eigenvalue weighted by molar-refractivity contribution is 5.25. The Kier molecular flexibility index (Phi) is 3.45. The molecule has 17 heavy (non-hydrogen) atoms. The maximum Gasteiger partial charge on any atom is 0.129 e. The summed E-state index contributed by atoms with van der Waals surface area (Å²) in [5.41, 5.74) is -0.449. The zero-order valence-electron chi connectivity index (χ0n) is 10.1. The molecule has 1 N–H and O–H groups in total. The molecule has 1 aromatic carbocycles. The molecule has 0 spiro atoms. The van der Waals surface area contributed by atoms with Gasteiger partial charge in [0.2, 0.25) is 0 Å². The Bertz CT molecular complexity index is 410. The molecule has 0 radical (unpaired) electrons. The van der Waals surface area contributed by atoms with Crippen LogP contribution in [0.4, 0.5) is 8.78 Å². The smallest absolute Gasteiger partial charge is 0.129 e. The highest BCUT2D eigenvalue weighted by atomic mass is 19.1. The third-order valence-corrected chi connectivity index (χ3v) is 3.43. The molecule has 1 aromatic rings. The van der Waals surface area contributed by atoms with Crippen molar-refractivity contribution < 1.29 is 13.5 Å². The highest BCUT2D eigenvalue weighted by Gasteiger charge is 2.36. The van der Waals surface area contributed by atoms with Crippen molar-refractivity contribution in [1.82, 2.24) is 5.32 Å². The molecule has 0 saturated carbocycles. The molecule has 2 atom stereocenters. The number of nitrogens with one attached hydrogen (secondary N) is 1. The minimum atomic E-state index is -0.752. The van der Waals surface area contributed by atoms with Gasteiger partial charge in [-0.05, 0) is 45.0 Å². The molecule has 1 aliphatic rings. The molecule has 2 unspecified atom stereocenters. The van der Waals surface area contributed by atoms with Gasteiger partial charge < -0.3 is 10.1 Å². The van der Waals surface area contributed by atoms with Crippen LogP contribution in [-0.2, 0) is 10.3 Å². The second kappa shape index (κ2) is 4.70. The zero-order chi connectivity index (χ0) is 12.5. The Hall–Kier alpha value is -1.00. The second-order valence-electron chi connectivity index (χ2n) is 4.68. The number of halogens is 2. The van der Waals surface area contributed by atoms with Crippen LogP contribution in [0.25, 0.3) is 0 Å². The van der Waals surface area contributed by atoms with Gasteiger partial charge in [-0.15, -0.1) is 0 Å². The summed E-state index contributed by atoms with van der Waals surface area (Å²) < 4.78 is 32.6. The van der Waals surface area contributed by atoms with Gasteiger partial charge in [0.15, 0.2) is 0 Å². The highest BCUT2D eigenvalue weighted by Crippen LogP contribution is 2.36. The molecule has 2 nitrogen and oxygen atoms in total. The average molecular weight is 241 g/mol. The SMILES string of the molecule is CNC1CCOC(C)(c2cc(F)ccc2F)C1.